The number of nitrogens with zero attached hydrogens (tertiary/aromatic N) is 3. The number of esters is 1. The van der Waals surface area contributed by atoms with Gasteiger partial charge in [-0.2, -0.15) is 0 Å². The Morgan fingerprint density at radius 1 is 1.11 bits per heavy atom. The standard InChI is InChI=1S/C33H31F2N3O6S/c1-42-15-10-26(40)43-30-24(39)9-13-37-29(30)32(41)36-14-12-33-11-8-18(44-33)16-22(33)31(36)38(37)28-19-6-7-23(34)27(35)21(19)17-45-25-5-3-2-4-20(25)28/h2-7,9,13,18,22,28,31H,8,10-12,14-17H2,1H3/t18-,22+,28+,31+,33-/m0/s1. The van der Waals surface area contributed by atoms with Gasteiger partial charge in [-0.3, -0.25) is 24.1 Å². The smallest absolute Gasteiger partial charge is 0.313 e. The Kier molecular flexibility index (Phi) is 6.81. The van der Waals surface area contributed by atoms with Crippen LogP contribution >= 0.6 is 11.8 Å². The number of carbonyl (C=O) groups excluding carboxylic acids is 2. The molecular formula is C33H31F2N3O6S. The Morgan fingerprint density at radius 3 is 2.78 bits per heavy atom. The summed E-state index contributed by atoms with van der Waals surface area (Å²) >= 11 is 1.43. The average Bonchev–Trinajstić information content (AvgIpc) is 3.57. The third-order valence-electron chi connectivity index (χ3n) is 10.1. The number of pyridine rings is 1. The first kappa shape index (κ1) is 28.7. The van der Waals surface area contributed by atoms with E-state index in [4.69, 9.17) is 14.2 Å². The molecule has 12 heteroatoms. The average molecular weight is 636 g/mol. The molecule has 0 aliphatic carbocycles. The molecule has 6 heterocycles. The molecule has 0 saturated carbocycles. The van der Waals surface area contributed by atoms with Crippen LogP contribution in [0.5, 0.6) is 5.75 Å². The quantitative estimate of drug-likeness (QED) is 0.378. The number of hydrogen-bond donors (Lipinski definition) is 0. The van der Waals surface area contributed by atoms with Gasteiger partial charge < -0.3 is 19.1 Å². The van der Waals surface area contributed by atoms with Crippen molar-refractivity contribution in [2.45, 2.75) is 66.7 Å². The Morgan fingerprint density at radius 2 is 1.96 bits per heavy atom. The molecule has 2 aromatic carbocycles. The molecule has 5 atom stereocenters. The molecule has 8 rings (SSSR count). The Labute approximate surface area is 262 Å². The molecule has 0 radical (unpaired) electrons. The van der Waals surface area contributed by atoms with Gasteiger partial charge in [-0.15, -0.1) is 11.8 Å². The van der Waals surface area contributed by atoms with Crippen molar-refractivity contribution in [1.82, 2.24) is 9.58 Å². The molecule has 1 amide bonds. The van der Waals surface area contributed by atoms with Crippen LogP contribution in [0.25, 0.3) is 0 Å². The summed E-state index contributed by atoms with van der Waals surface area (Å²) < 4.78 is 49.1. The van der Waals surface area contributed by atoms with Crippen molar-refractivity contribution in [1.29, 1.82) is 0 Å². The Hall–Kier alpha value is -3.74. The summed E-state index contributed by atoms with van der Waals surface area (Å²) in [7, 11) is 1.45. The molecule has 0 N–H and O–H groups in total. The largest absolute Gasteiger partial charge is 0.420 e. The van der Waals surface area contributed by atoms with Gasteiger partial charge in [0, 0.05) is 48.0 Å². The van der Waals surface area contributed by atoms with Gasteiger partial charge in [-0.05, 0) is 48.9 Å². The number of rotatable bonds is 5. The zero-order chi connectivity index (χ0) is 31.0. The van der Waals surface area contributed by atoms with Crippen molar-refractivity contribution >= 4 is 23.6 Å². The number of benzene rings is 2. The zero-order valence-electron chi connectivity index (χ0n) is 24.5. The number of ether oxygens (including phenoxy) is 3. The summed E-state index contributed by atoms with van der Waals surface area (Å²) in [5.74, 6) is -3.19. The van der Waals surface area contributed by atoms with Crippen LogP contribution in [0.4, 0.5) is 8.78 Å². The first-order valence-corrected chi connectivity index (χ1v) is 16.2. The van der Waals surface area contributed by atoms with Crippen molar-refractivity contribution in [3.63, 3.8) is 0 Å². The fourth-order valence-electron chi connectivity index (χ4n) is 8.10. The highest BCUT2D eigenvalue weighted by Gasteiger charge is 2.63. The van der Waals surface area contributed by atoms with E-state index in [1.54, 1.807) is 15.6 Å². The molecule has 1 aromatic heterocycles. The van der Waals surface area contributed by atoms with E-state index in [1.165, 1.54) is 31.1 Å². The number of halogens is 2. The number of aromatic nitrogens is 1. The molecule has 2 bridgehead atoms. The molecule has 5 aliphatic heterocycles. The van der Waals surface area contributed by atoms with Gasteiger partial charge in [0.1, 0.15) is 6.17 Å². The first-order chi connectivity index (χ1) is 21.8. The van der Waals surface area contributed by atoms with E-state index in [0.717, 1.165) is 35.8 Å². The maximum Gasteiger partial charge on any atom is 0.313 e. The van der Waals surface area contributed by atoms with Crippen LogP contribution in [-0.2, 0) is 20.0 Å². The maximum absolute atomic E-state index is 15.6. The predicted octanol–water partition coefficient (Wildman–Crippen LogP) is 4.53. The van der Waals surface area contributed by atoms with E-state index >= 15 is 4.39 Å². The number of piperidine rings is 1. The zero-order valence-corrected chi connectivity index (χ0v) is 25.4. The molecular weight excluding hydrogens is 604 g/mol. The van der Waals surface area contributed by atoms with Crippen LogP contribution in [0.2, 0.25) is 0 Å². The van der Waals surface area contributed by atoms with Crippen LogP contribution in [-0.4, -0.2) is 59.6 Å². The Balaban J connectivity index is 1.39. The number of amides is 1. The highest BCUT2D eigenvalue weighted by atomic mass is 32.2. The topological polar surface area (TPSA) is 90.3 Å². The summed E-state index contributed by atoms with van der Waals surface area (Å²) in [6.07, 6.45) is 4.17. The molecule has 5 aliphatic rings. The van der Waals surface area contributed by atoms with Crippen LogP contribution < -0.4 is 15.2 Å². The highest BCUT2D eigenvalue weighted by Crippen LogP contribution is 2.57. The highest BCUT2D eigenvalue weighted by molar-refractivity contribution is 7.98. The minimum Gasteiger partial charge on any atom is -0.420 e. The summed E-state index contributed by atoms with van der Waals surface area (Å²) in [5.41, 5.74) is 0.560. The number of methoxy groups -OCH3 is 1. The lowest BCUT2D eigenvalue weighted by Gasteiger charge is -2.57. The Bertz CT molecular complexity index is 1800. The second-order valence-electron chi connectivity index (χ2n) is 12.3. The third kappa shape index (κ3) is 4.29. The molecule has 3 aromatic rings. The maximum atomic E-state index is 15.6. The van der Waals surface area contributed by atoms with Crippen molar-refractivity contribution in [2.24, 2.45) is 5.92 Å². The minimum atomic E-state index is -0.929. The molecule has 3 fully saturated rings. The lowest BCUT2D eigenvalue weighted by molar-refractivity contribution is -0.135. The fraction of sp³-hybridized carbons (Fsp3) is 0.424. The molecule has 1 spiro atoms. The molecule has 0 unspecified atom stereocenters. The van der Waals surface area contributed by atoms with Gasteiger partial charge in [-0.25, -0.2) is 8.78 Å². The third-order valence-corrected chi connectivity index (χ3v) is 11.2. The molecule has 9 nitrogen and oxygen atoms in total. The van der Waals surface area contributed by atoms with Crippen molar-refractivity contribution < 1.29 is 32.6 Å². The first-order valence-electron chi connectivity index (χ1n) is 15.2. The van der Waals surface area contributed by atoms with E-state index in [9.17, 15) is 18.8 Å². The predicted molar refractivity (Wildman–Crippen MR) is 160 cm³/mol. The lowest BCUT2D eigenvalue weighted by Crippen LogP contribution is -2.70. The van der Waals surface area contributed by atoms with E-state index in [-0.39, 0.29) is 47.8 Å². The van der Waals surface area contributed by atoms with Gasteiger partial charge in [0.2, 0.25) is 11.2 Å². The normalized spacial score (nSPS) is 27.7. The molecule has 45 heavy (non-hydrogen) atoms. The second kappa shape index (κ2) is 10.7. The number of hydrogen-bond acceptors (Lipinski definition) is 8. The molecule has 234 valence electrons. The van der Waals surface area contributed by atoms with E-state index in [1.807, 2.05) is 29.3 Å². The summed E-state index contributed by atoms with van der Waals surface area (Å²) in [6, 6.07) is 11.1. The lowest BCUT2D eigenvalue weighted by atomic mass is 9.71. The fourth-order valence-corrected chi connectivity index (χ4v) is 9.21. The van der Waals surface area contributed by atoms with E-state index in [0.29, 0.717) is 18.5 Å². The summed E-state index contributed by atoms with van der Waals surface area (Å²) in [4.78, 5) is 43.2. The molecule has 3 saturated heterocycles. The minimum absolute atomic E-state index is 0.0777. The number of fused-ring (bicyclic) bond motifs is 6. The second-order valence-corrected chi connectivity index (χ2v) is 13.3. The number of thioether (sulfide) groups is 1. The van der Waals surface area contributed by atoms with Crippen LogP contribution in [0.1, 0.15) is 65.3 Å². The van der Waals surface area contributed by atoms with E-state index in [2.05, 4.69) is 0 Å². The van der Waals surface area contributed by atoms with Crippen molar-refractivity contribution in [3.05, 3.63) is 92.9 Å². The van der Waals surface area contributed by atoms with Gasteiger partial charge in [-0.1, -0.05) is 24.3 Å². The van der Waals surface area contributed by atoms with Crippen LogP contribution in [0.15, 0.2) is 58.4 Å². The summed E-state index contributed by atoms with van der Waals surface area (Å²) in [6.45, 7) is 0.445. The van der Waals surface area contributed by atoms with Crippen LogP contribution in [0, 0.1) is 17.6 Å². The van der Waals surface area contributed by atoms with Crippen molar-refractivity contribution in [2.75, 3.05) is 25.3 Å². The van der Waals surface area contributed by atoms with Gasteiger partial charge in [0.25, 0.3) is 5.91 Å². The van der Waals surface area contributed by atoms with Gasteiger partial charge >= 0.3 is 5.97 Å². The van der Waals surface area contributed by atoms with Gasteiger partial charge in [0.15, 0.2) is 17.3 Å². The SMILES string of the molecule is COCCC(=O)Oc1c2n(ccc1=O)N([C@H]1c3ccccc3SCc3c1ccc(F)c3F)[C@@H]1[C@H]3C[C@@H]4CC[C@@]3(CCN1C2=O)O4. The summed E-state index contributed by atoms with van der Waals surface area (Å²) in [5, 5.41) is 2.01. The van der Waals surface area contributed by atoms with E-state index < -0.39 is 46.7 Å². The monoisotopic (exact) mass is 635 g/mol. The van der Waals surface area contributed by atoms with Gasteiger partial charge in [0.05, 0.1) is 30.8 Å². The number of carbonyl (C=O) groups is 2. The van der Waals surface area contributed by atoms with Crippen molar-refractivity contribution in [3.8, 4) is 5.75 Å². The van der Waals surface area contributed by atoms with Crippen LogP contribution in [0.3, 0.4) is 0 Å².